The average molecular weight is 329 g/mol. The quantitative estimate of drug-likeness (QED) is 0.774. The molecule has 0 aliphatic carbocycles. The van der Waals surface area contributed by atoms with Gasteiger partial charge in [-0.1, -0.05) is 31.2 Å². The van der Waals surface area contributed by atoms with Crippen LogP contribution >= 0.6 is 0 Å². The largest absolute Gasteiger partial charge is 1.00 e. The van der Waals surface area contributed by atoms with Crippen LogP contribution in [0, 0.1) is 0 Å². The van der Waals surface area contributed by atoms with Gasteiger partial charge in [0.2, 0.25) is 0 Å². The summed E-state index contributed by atoms with van der Waals surface area (Å²) < 4.78 is 35.1. The fourth-order valence-corrected chi connectivity index (χ4v) is 3.11. The number of hydrogen-bond acceptors (Lipinski definition) is 5. The van der Waals surface area contributed by atoms with Crippen LogP contribution in [0.2, 0.25) is 0 Å². The fourth-order valence-electron chi connectivity index (χ4n) is 2.15. The van der Waals surface area contributed by atoms with Crippen LogP contribution in [0.3, 0.4) is 0 Å². The van der Waals surface area contributed by atoms with Crippen molar-refractivity contribution in [3.63, 3.8) is 0 Å². The van der Waals surface area contributed by atoms with Crippen LogP contribution in [0.1, 0.15) is 14.8 Å². The first-order valence-electron chi connectivity index (χ1n) is 6.69. The topological polar surface area (TPSA) is 55.8 Å². The first kappa shape index (κ1) is 17.3. The van der Waals surface area contributed by atoms with Crippen LogP contribution in [-0.2, 0) is 14.4 Å². The summed E-state index contributed by atoms with van der Waals surface area (Å²) >= 11 is 0. The molecule has 22 heavy (non-hydrogen) atoms. The van der Waals surface area contributed by atoms with E-state index in [4.69, 9.17) is 9.02 Å². The summed E-state index contributed by atoms with van der Waals surface area (Å²) in [6.07, 6.45) is 0.496. The predicted molar refractivity (Wildman–Crippen MR) is 81.4 cm³/mol. The van der Waals surface area contributed by atoms with Crippen LogP contribution in [0.15, 0.2) is 48.5 Å². The number of hydrogen-bond donors (Lipinski definition) is 0. The summed E-state index contributed by atoms with van der Waals surface area (Å²) in [6.45, 7) is 1.79. The minimum atomic E-state index is -3.65. The van der Waals surface area contributed by atoms with Crippen molar-refractivity contribution in [1.82, 2.24) is 0 Å². The summed E-state index contributed by atoms with van der Waals surface area (Å²) in [5.74, 6) is 1.08. The van der Waals surface area contributed by atoms with Gasteiger partial charge in [-0.2, -0.15) is 13.5 Å². The molecule has 0 amide bonds. The molecule has 1 heterocycles. The smallest absolute Gasteiger partial charge is 1.00 e. The third-order valence-electron chi connectivity index (χ3n) is 3.03. The van der Waals surface area contributed by atoms with Crippen LogP contribution in [-0.4, -0.2) is 14.2 Å². The van der Waals surface area contributed by atoms with E-state index in [0.29, 0.717) is 29.3 Å². The molecule has 0 atom stereocenters. The Kier molecular flexibility index (Phi) is 5.52. The number of nitrogens with zero attached hydrogens (tertiary/aromatic N) is 1. The van der Waals surface area contributed by atoms with Crippen molar-refractivity contribution in [2.75, 3.05) is 10.8 Å². The van der Waals surface area contributed by atoms with E-state index in [2.05, 4.69) is 0 Å². The van der Waals surface area contributed by atoms with E-state index in [-0.39, 0.29) is 36.7 Å². The van der Waals surface area contributed by atoms with Crippen molar-refractivity contribution in [1.29, 1.82) is 0 Å². The second-order valence-electron chi connectivity index (χ2n) is 4.67. The number of benzene rings is 2. The third kappa shape index (κ3) is 3.47. The molecule has 1 aliphatic heterocycles. The van der Waals surface area contributed by atoms with Crippen LogP contribution in [0.4, 0.5) is 11.4 Å². The van der Waals surface area contributed by atoms with Crippen molar-refractivity contribution in [2.45, 2.75) is 13.3 Å². The Hall–Kier alpha value is -1.05. The number of para-hydroxylation sites is 4. The fraction of sp³-hybridized carbons (Fsp3) is 0.200. The monoisotopic (exact) mass is 329 g/mol. The summed E-state index contributed by atoms with van der Waals surface area (Å²) in [4.78, 5) is 0. The average Bonchev–Trinajstić information content (AvgIpc) is 2.47. The SMILES string of the molecule is CCCS(=O)(=O)ON1c2ccccc2Oc2ccccc21.[H-].[Na+]. The summed E-state index contributed by atoms with van der Waals surface area (Å²) in [7, 11) is -3.65. The molecule has 0 fully saturated rings. The van der Waals surface area contributed by atoms with Gasteiger partial charge in [0.1, 0.15) is 11.4 Å². The Balaban J connectivity index is 0.00000132. The van der Waals surface area contributed by atoms with Gasteiger partial charge in [0.15, 0.2) is 11.5 Å². The maximum atomic E-state index is 12.0. The molecule has 2 aromatic carbocycles. The van der Waals surface area contributed by atoms with Crippen molar-refractivity contribution < 1.29 is 48.4 Å². The molecule has 0 spiro atoms. The molecule has 0 unspecified atom stereocenters. The second kappa shape index (κ2) is 7.02. The van der Waals surface area contributed by atoms with Gasteiger partial charge in [0.25, 0.3) is 10.1 Å². The van der Waals surface area contributed by atoms with Crippen molar-refractivity contribution in [2.24, 2.45) is 0 Å². The Morgan fingerprint density at radius 1 is 1.05 bits per heavy atom. The van der Waals surface area contributed by atoms with Crippen molar-refractivity contribution in [3.05, 3.63) is 48.5 Å². The molecule has 7 heteroatoms. The number of rotatable bonds is 4. The Morgan fingerprint density at radius 2 is 1.55 bits per heavy atom. The second-order valence-corrected chi connectivity index (χ2v) is 6.34. The molecule has 5 nitrogen and oxygen atoms in total. The van der Waals surface area contributed by atoms with Gasteiger partial charge in [0, 0.05) is 0 Å². The normalized spacial score (nSPS) is 12.7. The zero-order valence-electron chi connectivity index (χ0n) is 13.5. The van der Waals surface area contributed by atoms with E-state index in [1.165, 1.54) is 5.06 Å². The van der Waals surface area contributed by atoms with E-state index in [9.17, 15) is 8.42 Å². The number of anilines is 2. The van der Waals surface area contributed by atoms with E-state index in [1.54, 1.807) is 43.3 Å². The van der Waals surface area contributed by atoms with Crippen molar-refractivity contribution >= 4 is 21.5 Å². The van der Waals surface area contributed by atoms with Crippen LogP contribution in [0.25, 0.3) is 0 Å². The Labute approximate surface area is 153 Å². The van der Waals surface area contributed by atoms with Gasteiger partial charge >= 0.3 is 29.6 Å². The van der Waals surface area contributed by atoms with Gasteiger partial charge in [-0.25, -0.2) is 0 Å². The van der Waals surface area contributed by atoms with Gasteiger partial charge in [-0.3, -0.25) is 0 Å². The van der Waals surface area contributed by atoms with Crippen LogP contribution < -0.4 is 39.4 Å². The summed E-state index contributed by atoms with van der Waals surface area (Å²) in [5, 5.41) is 1.32. The molecule has 2 aromatic rings. The first-order chi connectivity index (χ1) is 10.1. The number of ether oxygens (including phenoxy) is 1. The molecule has 112 valence electrons. The zero-order chi connectivity index (χ0) is 14.9. The summed E-state index contributed by atoms with van der Waals surface area (Å²) in [5.41, 5.74) is 1.13. The maximum Gasteiger partial charge on any atom is 1.00 e. The molecule has 3 rings (SSSR count). The minimum Gasteiger partial charge on any atom is -1.00 e. The molecule has 0 N–H and O–H groups in total. The molecular weight excluding hydrogens is 313 g/mol. The van der Waals surface area contributed by atoms with Crippen molar-refractivity contribution in [3.8, 4) is 11.5 Å². The molecule has 1 aliphatic rings. The van der Waals surface area contributed by atoms with Gasteiger partial charge in [-0.05, 0) is 30.7 Å². The van der Waals surface area contributed by atoms with E-state index in [1.807, 2.05) is 12.1 Å². The van der Waals surface area contributed by atoms with Gasteiger partial charge in [0.05, 0.1) is 5.75 Å². The molecule has 0 bridgehead atoms. The minimum absolute atomic E-state index is 0. The van der Waals surface area contributed by atoms with Gasteiger partial charge < -0.3 is 6.16 Å². The molecule has 0 saturated carbocycles. The first-order valence-corrected chi connectivity index (χ1v) is 8.27. The number of fused-ring (bicyclic) bond motifs is 2. The van der Waals surface area contributed by atoms with Gasteiger partial charge in [-0.15, -0.1) is 4.28 Å². The van der Waals surface area contributed by atoms with Crippen LogP contribution in [0.5, 0.6) is 11.5 Å². The molecule has 0 aromatic heterocycles. The summed E-state index contributed by atoms with van der Waals surface area (Å²) in [6, 6.07) is 14.3. The molecule has 0 radical (unpaired) electrons. The molecular formula is C15H16NNaO4S. The Bertz CT molecular complexity index is 724. The predicted octanol–water partition coefficient (Wildman–Crippen LogP) is 0.718. The standard InChI is InChI=1S/C15H15NO4S.Na.H/c1-2-11-21(17,18)20-16-12-7-3-5-9-14(12)19-15-10-6-4-8-13(15)16;;/h3-10H,2,11H2,1H3;;/q;+1;-1. The molecule has 0 saturated heterocycles. The Morgan fingerprint density at radius 3 is 2.05 bits per heavy atom. The van der Waals surface area contributed by atoms with E-state index < -0.39 is 10.1 Å². The third-order valence-corrected chi connectivity index (χ3v) is 4.31. The van der Waals surface area contributed by atoms with E-state index in [0.717, 1.165) is 0 Å². The zero-order valence-corrected chi connectivity index (χ0v) is 15.3. The van der Waals surface area contributed by atoms with E-state index >= 15 is 0 Å². The maximum absolute atomic E-state index is 12.0.